The Labute approximate surface area is 201 Å². The molecule has 0 bridgehead atoms. The Kier molecular flexibility index (Phi) is 7.57. The molecule has 0 amide bonds. The summed E-state index contributed by atoms with van der Waals surface area (Å²) in [5.74, 6) is 3.83. The second-order valence-electron chi connectivity index (χ2n) is 8.36. The molecule has 0 saturated carbocycles. The summed E-state index contributed by atoms with van der Waals surface area (Å²) < 4.78 is 22.2. The molecule has 1 aliphatic rings. The minimum Gasteiger partial charge on any atom is -0.496 e. The molecule has 0 N–H and O–H groups in total. The van der Waals surface area contributed by atoms with Gasteiger partial charge in [-0.2, -0.15) is 0 Å². The standard InChI is InChI=1S/C26H34N4O4/c1-6-34-20-8-9-22-21(15-20)18(2)27-26(28-22)30-11-7-10-29(12-13-30)17-19-14-24(32-4)25(33-5)16-23(19)31-3/h8-9,14-16H,6-7,10-13,17H2,1-5H3. The van der Waals surface area contributed by atoms with Gasteiger partial charge in [0.2, 0.25) is 5.95 Å². The van der Waals surface area contributed by atoms with Crippen LogP contribution in [0.2, 0.25) is 0 Å². The Hall–Kier alpha value is -3.26. The number of aryl methyl sites for hydroxylation is 1. The van der Waals surface area contributed by atoms with Gasteiger partial charge in [-0.15, -0.1) is 0 Å². The van der Waals surface area contributed by atoms with Gasteiger partial charge in [0.1, 0.15) is 11.5 Å². The summed E-state index contributed by atoms with van der Waals surface area (Å²) in [7, 11) is 4.97. The summed E-state index contributed by atoms with van der Waals surface area (Å²) in [6.07, 6.45) is 1.03. The van der Waals surface area contributed by atoms with Crippen molar-refractivity contribution in [2.45, 2.75) is 26.8 Å². The number of hydrogen-bond acceptors (Lipinski definition) is 8. The Morgan fingerprint density at radius 2 is 1.62 bits per heavy atom. The maximum atomic E-state index is 5.64. The monoisotopic (exact) mass is 466 g/mol. The third kappa shape index (κ3) is 5.12. The van der Waals surface area contributed by atoms with E-state index in [2.05, 4.69) is 9.80 Å². The van der Waals surface area contributed by atoms with Gasteiger partial charge in [-0.05, 0) is 44.5 Å². The van der Waals surface area contributed by atoms with Crippen molar-refractivity contribution in [2.75, 3.05) is 59.0 Å². The number of anilines is 1. The Bertz CT molecular complexity index is 1140. The number of nitrogens with zero attached hydrogens (tertiary/aromatic N) is 4. The molecule has 0 aliphatic carbocycles. The number of methoxy groups -OCH3 is 3. The number of aromatic nitrogens is 2. The van der Waals surface area contributed by atoms with E-state index in [9.17, 15) is 0 Å². The van der Waals surface area contributed by atoms with Crippen LogP contribution in [0.1, 0.15) is 24.6 Å². The van der Waals surface area contributed by atoms with Crippen molar-refractivity contribution in [1.29, 1.82) is 0 Å². The van der Waals surface area contributed by atoms with Gasteiger partial charge in [-0.25, -0.2) is 9.97 Å². The minimum absolute atomic E-state index is 0.642. The first-order valence-electron chi connectivity index (χ1n) is 11.7. The summed E-state index contributed by atoms with van der Waals surface area (Å²) in [4.78, 5) is 14.4. The summed E-state index contributed by atoms with van der Waals surface area (Å²) in [6, 6.07) is 9.92. The molecule has 4 rings (SSSR count). The van der Waals surface area contributed by atoms with E-state index in [0.29, 0.717) is 18.1 Å². The fourth-order valence-electron chi connectivity index (χ4n) is 4.43. The molecule has 3 aromatic rings. The van der Waals surface area contributed by atoms with Crippen molar-refractivity contribution < 1.29 is 18.9 Å². The van der Waals surface area contributed by atoms with Gasteiger partial charge < -0.3 is 23.8 Å². The fourth-order valence-corrected chi connectivity index (χ4v) is 4.43. The van der Waals surface area contributed by atoms with Crippen molar-refractivity contribution >= 4 is 16.9 Å². The lowest BCUT2D eigenvalue weighted by atomic mass is 10.1. The van der Waals surface area contributed by atoms with Crippen molar-refractivity contribution in [2.24, 2.45) is 0 Å². The van der Waals surface area contributed by atoms with Crippen LogP contribution in [-0.4, -0.2) is 69.0 Å². The van der Waals surface area contributed by atoms with Gasteiger partial charge in [0.05, 0.1) is 39.1 Å². The van der Waals surface area contributed by atoms with E-state index < -0.39 is 0 Å². The second-order valence-corrected chi connectivity index (χ2v) is 8.36. The number of hydrogen-bond donors (Lipinski definition) is 0. The van der Waals surface area contributed by atoms with E-state index in [4.69, 9.17) is 28.9 Å². The summed E-state index contributed by atoms with van der Waals surface area (Å²) in [5.41, 5.74) is 3.00. The van der Waals surface area contributed by atoms with E-state index in [1.807, 2.05) is 44.2 Å². The molecular weight excluding hydrogens is 432 g/mol. The van der Waals surface area contributed by atoms with Crippen LogP contribution in [0.3, 0.4) is 0 Å². The van der Waals surface area contributed by atoms with Crippen molar-refractivity contribution in [3.8, 4) is 23.0 Å². The molecular formula is C26H34N4O4. The molecule has 0 radical (unpaired) electrons. The van der Waals surface area contributed by atoms with Gasteiger partial charge in [0.15, 0.2) is 11.5 Å². The quantitative estimate of drug-likeness (QED) is 0.492. The van der Waals surface area contributed by atoms with Crippen LogP contribution in [0.15, 0.2) is 30.3 Å². The molecule has 34 heavy (non-hydrogen) atoms. The fraction of sp³-hybridized carbons (Fsp3) is 0.462. The number of benzene rings is 2. The van der Waals surface area contributed by atoms with Gasteiger partial charge in [-0.1, -0.05) is 0 Å². The lowest BCUT2D eigenvalue weighted by Crippen LogP contribution is -2.31. The Balaban J connectivity index is 1.49. The highest BCUT2D eigenvalue weighted by molar-refractivity contribution is 5.83. The zero-order chi connectivity index (χ0) is 24.1. The van der Waals surface area contributed by atoms with Crippen LogP contribution in [0, 0.1) is 6.92 Å². The number of rotatable bonds is 8. The van der Waals surface area contributed by atoms with Gasteiger partial charge >= 0.3 is 0 Å². The topological polar surface area (TPSA) is 69.2 Å². The molecule has 1 aromatic heterocycles. The first-order valence-corrected chi connectivity index (χ1v) is 11.7. The minimum atomic E-state index is 0.642. The molecule has 0 atom stereocenters. The molecule has 2 heterocycles. The molecule has 1 aliphatic heterocycles. The number of fused-ring (bicyclic) bond motifs is 1. The van der Waals surface area contributed by atoms with Crippen LogP contribution >= 0.6 is 0 Å². The van der Waals surface area contributed by atoms with Crippen LogP contribution < -0.4 is 23.8 Å². The first kappa shape index (κ1) is 23.9. The summed E-state index contributed by atoms with van der Waals surface area (Å²) in [5, 5.41) is 1.03. The van der Waals surface area contributed by atoms with E-state index in [1.165, 1.54) is 0 Å². The second kappa shape index (κ2) is 10.8. The highest BCUT2D eigenvalue weighted by Crippen LogP contribution is 2.35. The Morgan fingerprint density at radius 1 is 0.853 bits per heavy atom. The third-order valence-corrected chi connectivity index (χ3v) is 6.21. The van der Waals surface area contributed by atoms with Crippen LogP contribution in [0.25, 0.3) is 10.9 Å². The molecule has 8 heteroatoms. The van der Waals surface area contributed by atoms with Crippen LogP contribution in [0.4, 0.5) is 5.95 Å². The highest BCUT2D eigenvalue weighted by atomic mass is 16.5. The first-order chi connectivity index (χ1) is 16.6. The van der Waals surface area contributed by atoms with Gasteiger partial charge in [0.25, 0.3) is 0 Å². The maximum Gasteiger partial charge on any atom is 0.226 e. The predicted molar refractivity (Wildman–Crippen MR) is 134 cm³/mol. The molecule has 0 spiro atoms. The zero-order valence-corrected chi connectivity index (χ0v) is 20.8. The van der Waals surface area contributed by atoms with E-state index in [-0.39, 0.29) is 0 Å². The normalized spacial score (nSPS) is 14.7. The molecule has 8 nitrogen and oxygen atoms in total. The SMILES string of the molecule is CCOc1ccc2nc(N3CCCN(Cc4cc(OC)c(OC)cc4OC)CC3)nc(C)c2c1. The van der Waals surface area contributed by atoms with Gasteiger partial charge in [-0.3, -0.25) is 4.90 Å². The molecule has 2 aromatic carbocycles. The highest BCUT2D eigenvalue weighted by Gasteiger charge is 2.20. The van der Waals surface area contributed by atoms with Crippen LogP contribution in [0.5, 0.6) is 23.0 Å². The van der Waals surface area contributed by atoms with Gasteiger partial charge in [0, 0.05) is 49.7 Å². The summed E-state index contributed by atoms with van der Waals surface area (Å²) in [6.45, 7) is 9.11. The molecule has 182 valence electrons. The van der Waals surface area contributed by atoms with Crippen molar-refractivity contribution in [1.82, 2.24) is 14.9 Å². The maximum absolute atomic E-state index is 5.64. The predicted octanol–water partition coefficient (Wildman–Crippen LogP) is 4.08. The average Bonchev–Trinajstić information content (AvgIpc) is 3.09. The van der Waals surface area contributed by atoms with E-state index in [0.717, 1.165) is 78.8 Å². The zero-order valence-electron chi connectivity index (χ0n) is 20.8. The lowest BCUT2D eigenvalue weighted by Gasteiger charge is -2.23. The van der Waals surface area contributed by atoms with E-state index in [1.54, 1.807) is 21.3 Å². The van der Waals surface area contributed by atoms with Crippen molar-refractivity contribution in [3.63, 3.8) is 0 Å². The Morgan fingerprint density at radius 3 is 2.35 bits per heavy atom. The summed E-state index contributed by atoms with van der Waals surface area (Å²) >= 11 is 0. The lowest BCUT2D eigenvalue weighted by molar-refractivity contribution is 0.277. The number of ether oxygens (including phenoxy) is 4. The average molecular weight is 467 g/mol. The van der Waals surface area contributed by atoms with Crippen molar-refractivity contribution in [3.05, 3.63) is 41.6 Å². The van der Waals surface area contributed by atoms with Crippen LogP contribution in [-0.2, 0) is 6.54 Å². The van der Waals surface area contributed by atoms with E-state index >= 15 is 0 Å². The molecule has 1 saturated heterocycles. The largest absolute Gasteiger partial charge is 0.496 e. The molecule has 0 unspecified atom stereocenters. The smallest absolute Gasteiger partial charge is 0.226 e. The third-order valence-electron chi connectivity index (χ3n) is 6.21. The molecule has 1 fully saturated rings.